The van der Waals surface area contributed by atoms with Crippen molar-refractivity contribution in [3.8, 4) is 0 Å². The molecular weight excluding hydrogens is 176 g/mol. The first kappa shape index (κ1) is 9.34. The van der Waals surface area contributed by atoms with E-state index in [4.69, 9.17) is 10.5 Å². The van der Waals surface area contributed by atoms with Crippen LogP contribution in [0.5, 0.6) is 0 Å². The number of epoxide rings is 1. The lowest BCUT2D eigenvalue weighted by Gasteiger charge is -2.12. The zero-order valence-corrected chi connectivity index (χ0v) is 8.63. The van der Waals surface area contributed by atoms with Crippen molar-refractivity contribution < 1.29 is 4.74 Å². The summed E-state index contributed by atoms with van der Waals surface area (Å²) in [6, 6.07) is 4.11. The Morgan fingerprint density at radius 2 is 2.21 bits per heavy atom. The van der Waals surface area contributed by atoms with Crippen LogP contribution in [-0.2, 0) is 4.74 Å². The van der Waals surface area contributed by atoms with Crippen LogP contribution in [-0.4, -0.2) is 19.3 Å². The first-order valence-corrected chi connectivity index (χ1v) is 4.89. The van der Waals surface area contributed by atoms with Crippen LogP contribution in [0.2, 0.25) is 0 Å². The molecule has 0 aromatic heterocycles. The van der Waals surface area contributed by atoms with E-state index in [-0.39, 0.29) is 0 Å². The van der Waals surface area contributed by atoms with E-state index in [1.54, 1.807) is 0 Å². The third-order valence-corrected chi connectivity index (χ3v) is 2.66. The van der Waals surface area contributed by atoms with Crippen LogP contribution in [0.3, 0.4) is 0 Å². The van der Waals surface area contributed by atoms with E-state index in [1.165, 1.54) is 0 Å². The molecule has 1 aliphatic heterocycles. The van der Waals surface area contributed by atoms with Crippen molar-refractivity contribution in [1.82, 2.24) is 0 Å². The van der Waals surface area contributed by atoms with Gasteiger partial charge in [-0.2, -0.15) is 0 Å². The molecule has 1 aliphatic rings. The van der Waals surface area contributed by atoms with Crippen molar-refractivity contribution in [2.45, 2.75) is 20.0 Å². The Morgan fingerprint density at radius 3 is 2.86 bits per heavy atom. The monoisotopic (exact) mass is 192 g/mol. The van der Waals surface area contributed by atoms with Crippen LogP contribution >= 0.6 is 0 Å². The van der Waals surface area contributed by atoms with Gasteiger partial charge in [0.05, 0.1) is 12.7 Å². The van der Waals surface area contributed by atoms with Crippen LogP contribution in [0.25, 0.3) is 0 Å². The standard InChI is InChI=1S/C11H16N2O/c1-7-3-4-10(8(2)11(7)12)13-5-9-6-14-9/h3-4,9,13H,5-6,12H2,1-2H3. The van der Waals surface area contributed by atoms with Crippen molar-refractivity contribution in [1.29, 1.82) is 0 Å². The summed E-state index contributed by atoms with van der Waals surface area (Å²) in [7, 11) is 0. The Kier molecular flexibility index (Phi) is 2.33. The summed E-state index contributed by atoms with van der Waals surface area (Å²) in [6.07, 6.45) is 0.400. The molecule has 0 saturated carbocycles. The van der Waals surface area contributed by atoms with Crippen LogP contribution < -0.4 is 11.1 Å². The molecule has 1 aromatic carbocycles. The first-order chi connectivity index (χ1) is 6.68. The largest absolute Gasteiger partial charge is 0.398 e. The Morgan fingerprint density at radius 1 is 1.50 bits per heavy atom. The fourth-order valence-electron chi connectivity index (χ4n) is 1.47. The van der Waals surface area contributed by atoms with Crippen molar-refractivity contribution in [3.63, 3.8) is 0 Å². The second kappa shape index (κ2) is 3.50. The number of nitrogens with one attached hydrogen (secondary N) is 1. The number of anilines is 2. The van der Waals surface area contributed by atoms with E-state index in [0.717, 1.165) is 35.7 Å². The zero-order valence-electron chi connectivity index (χ0n) is 8.63. The molecule has 2 rings (SSSR count). The average molecular weight is 192 g/mol. The van der Waals surface area contributed by atoms with Crippen molar-refractivity contribution in [3.05, 3.63) is 23.3 Å². The number of hydrogen-bond acceptors (Lipinski definition) is 3. The summed E-state index contributed by atoms with van der Waals surface area (Å²) in [5.41, 5.74) is 10.2. The van der Waals surface area contributed by atoms with Crippen molar-refractivity contribution in [2.24, 2.45) is 0 Å². The van der Waals surface area contributed by atoms with Crippen LogP contribution in [0, 0.1) is 13.8 Å². The molecule has 1 saturated heterocycles. The normalized spacial score (nSPS) is 19.4. The maximum Gasteiger partial charge on any atom is 0.0981 e. The number of nitrogens with two attached hydrogens (primary N) is 1. The third kappa shape index (κ3) is 1.82. The van der Waals surface area contributed by atoms with E-state index in [1.807, 2.05) is 19.9 Å². The number of ether oxygens (including phenoxy) is 1. The maximum absolute atomic E-state index is 5.93. The Balaban J connectivity index is 2.11. The van der Waals surface area contributed by atoms with Gasteiger partial charge in [-0.15, -0.1) is 0 Å². The van der Waals surface area contributed by atoms with Gasteiger partial charge in [0.15, 0.2) is 0 Å². The highest BCUT2D eigenvalue weighted by Gasteiger charge is 2.21. The van der Waals surface area contributed by atoms with E-state index >= 15 is 0 Å². The van der Waals surface area contributed by atoms with Gasteiger partial charge >= 0.3 is 0 Å². The predicted octanol–water partition coefficient (Wildman–Crippen LogP) is 1.70. The predicted molar refractivity (Wildman–Crippen MR) is 58.6 cm³/mol. The summed E-state index contributed by atoms with van der Waals surface area (Å²) >= 11 is 0. The highest BCUT2D eigenvalue weighted by Crippen LogP contribution is 2.24. The molecule has 0 aliphatic carbocycles. The summed E-state index contributed by atoms with van der Waals surface area (Å²) in [6.45, 7) is 5.82. The van der Waals surface area contributed by atoms with Gasteiger partial charge < -0.3 is 15.8 Å². The van der Waals surface area contributed by atoms with Gasteiger partial charge in [-0.1, -0.05) is 6.07 Å². The molecule has 3 heteroatoms. The number of nitrogen functional groups attached to an aromatic ring is 1. The fraction of sp³-hybridized carbons (Fsp3) is 0.455. The first-order valence-electron chi connectivity index (χ1n) is 4.89. The molecule has 0 radical (unpaired) electrons. The quantitative estimate of drug-likeness (QED) is 0.566. The van der Waals surface area contributed by atoms with Crippen molar-refractivity contribution >= 4 is 11.4 Å². The molecule has 1 fully saturated rings. The van der Waals surface area contributed by atoms with Crippen LogP contribution in [0.1, 0.15) is 11.1 Å². The molecular formula is C11H16N2O. The molecule has 14 heavy (non-hydrogen) atoms. The minimum atomic E-state index is 0.400. The van der Waals surface area contributed by atoms with Gasteiger partial charge in [-0.3, -0.25) is 0 Å². The lowest BCUT2D eigenvalue weighted by molar-refractivity contribution is 0.416. The van der Waals surface area contributed by atoms with Crippen LogP contribution in [0.4, 0.5) is 11.4 Å². The number of hydrogen-bond donors (Lipinski definition) is 2. The second-order valence-electron chi connectivity index (χ2n) is 3.80. The second-order valence-corrected chi connectivity index (χ2v) is 3.80. The fourth-order valence-corrected chi connectivity index (χ4v) is 1.47. The molecule has 3 N–H and O–H groups in total. The number of rotatable bonds is 3. The minimum Gasteiger partial charge on any atom is -0.398 e. The number of benzene rings is 1. The van der Waals surface area contributed by atoms with Gasteiger partial charge in [0.1, 0.15) is 0 Å². The van der Waals surface area contributed by atoms with E-state index in [2.05, 4.69) is 11.4 Å². The van der Waals surface area contributed by atoms with Gasteiger partial charge in [-0.05, 0) is 31.0 Å². The number of aryl methyl sites for hydroxylation is 1. The highest BCUT2D eigenvalue weighted by atomic mass is 16.6. The lowest BCUT2D eigenvalue weighted by Crippen LogP contribution is -2.09. The molecule has 1 atom stereocenters. The maximum atomic E-state index is 5.93. The van der Waals surface area contributed by atoms with E-state index < -0.39 is 0 Å². The molecule has 1 unspecified atom stereocenters. The topological polar surface area (TPSA) is 50.6 Å². The smallest absolute Gasteiger partial charge is 0.0981 e. The summed E-state index contributed by atoms with van der Waals surface area (Å²) in [5.74, 6) is 0. The van der Waals surface area contributed by atoms with Gasteiger partial charge in [0.2, 0.25) is 0 Å². The summed E-state index contributed by atoms with van der Waals surface area (Å²) in [5, 5.41) is 3.34. The molecule has 1 aromatic rings. The average Bonchev–Trinajstić information content (AvgIpc) is 2.97. The minimum absolute atomic E-state index is 0.400. The lowest BCUT2D eigenvalue weighted by atomic mass is 10.1. The zero-order chi connectivity index (χ0) is 10.1. The Labute approximate surface area is 84.3 Å². The molecule has 3 nitrogen and oxygen atoms in total. The van der Waals surface area contributed by atoms with Gasteiger partial charge in [0.25, 0.3) is 0 Å². The Hall–Kier alpha value is -1.22. The molecule has 0 amide bonds. The van der Waals surface area contributed by atoms with E-state index in [9.17, 15) is 0 Å². The van der Waals surface area contributed by atoms with Gasteiger partial charge in [-0.25, -0.2) is 0 Å². The molecule has 76 valence electrons. The summed E-state index contributed by atoms with van der Waals surface area (Å²) in [4.78, 5) is 0. The third-order valence-electron chi connectivity index (χ3n) is 2.66. The van der Waals surface area contributed by atoms with Gasteiger partial charge in [0, 0.05) is 17.9 Å². The summed E-state index contributed by atoms with van der Waals surface area (Å²) < 4.78 is 5.13. The molecule has 0 spiro atoms. The SMILES string of the molecule is Cc1ccc(NCC2CO2)c(C)c1N. The molecule has 0 bridgehead atoms. The van der Waals surface area contributed by atoms with Crippen LogP contribution in [0.15, 0.2) is 12.1 Å². The Bertz CT molecular complexity index is 345. The van der Waals surface area contributed by atoms with E-state index in [0.29, 0.717) is 6.10 Å². The highest BCUT2D eigenvalue weighted by molar-refractivity contribution is 5.66. The van der Waals surface area contributed by atoms with Crippen molar-refractivity contribution in [2.75, 3.05) is 24.2 Å². The molecule has 1 heterocycles.